The standard InChI is InChI=1S/C14H14N2O4/c1-3-14(15-12(18)9(2)17)11(16-20-13(14)19)10-7-5-4-6-8-10/h4-8H,3H2,1-2H3,(H,15,18). The number of hydrogen-bond acceptors (Lipinski definition) is 5. The first-order valence-electron chi connectivity index (χ1n) is 6.19. The molecule has 2 rings (SSSR count). The molecule has 0 spiro atoms. The molecule has 1 aromatic carbocycles. The Labute approximate surface area is 115 Å². The van der Waals surface area contributed by atoms with Crippen LogP contribution in [0.15, 0.2) is 35.5 Å². The van der Waals surface area contributed by atoms with E-state index in [-0.39, 0.29) is 6.42 Å². The normalized spacial score (nSPS) is 21.1. The number of hydrogen-bond donors (Lipinski definition) is 1. The average molecular weight is 274 g/mol. The molecule has 1 unspecified atom stereocenters. The zero-order chi connectivity index (χ0) is 14.8. The zero-order valence-electron chi connectivity index (χ0n) is 11.2. The number of oxime groups is 1. The summed E-state index contributed by atoms with van der Waals surface area (Å²) in [5.41, 5.74) is -0.450. The molecule has 1 amide bonds. The molecule has 0 saturated heterocycles. The van der Waals surface area contributed by atoms with E-state index in [1.165, 1.54) is 0 Å². The molecule has 0 radical (unpaired) electrons. The highest BCUT2D eigenvalue weighted by molar-refractivity contribution is 6.37. The minimum absolute atomic E-state index is 0.235. The van der Waals surface area contributed by atoms with Crippen LogP contribution in [0.3, 0.4) is 0 Å². The molecular weight excluding hydrogens is 260 g/mol. The summed E-state index contributed by atoms with van der Waals surface area (Å²) in [5.74, 6) is -2.20. The Morgan fingerprint density at radius 3 is 2.50 bits per heavy atom. The van der Waals surface area contributed by atoms with Crippen LogP contribution < -0.4 is 5.32 Å². The lowest BCUT2D eigenvalue weighted by atomic mass is 9.86. The van der Waals surface area contributed by atoms with E-state index in [0.717, 1.165) is 6.92 Å². The lowest BCUT2D eigenvalue weighted by Gasteiger charge is -2.25. The first-order valence-corrected chi connectivity index (χ1v) is 6.19. The van der Waals surface area contributed by atoms with E-state index in [1.807, 2.05) is 6.07 Å². The van der Waals surface area contributed by atoms with E-state index in [0.29, 0.717) is 11.3 Å². The van der Waals surface area contributed by atoms with Crippen LogP contribution in [0.1, 0.15) is 25.8 Å². The lowest BCUT2D eigenvalue weighted by molar-refractivity contribution is -0.148. The average Bonchev–Trinajstić information content (AvgIpc) is 2.77. The molecule has 0 aromatic heterocycles. The molecule has 1 atom stereocenters. The second kappa shape index (κ2) is 5.24. The fourth-order valence-corrected chi connectivity index (χ4v) is 2.03. The number of Topliss-reactive ketones (excluding diaryl/α,β-unsaturated/α-hetero) is 1. The van der Waals surface area contributed by atoms with E-state index in [4.69, 9.17) is 4.84 Å². The minimum atomic E-state index is -1.41. The second-order valence-electron chi connectivity index (χ2n) is 4.45. The maximum atomic E-state index is 12.0. The molecule has 0 aliphatic carbocycles. The molecule has 1 N–H and O–H groups in total. The van der Waals surface area contributed by atoms with Crippen molar-refractivity contribution in [2.45, 2.75) is 25.8 Å². The van der Waals surface area contributed by atoms with Crippen molar-refractivity contribution in [1.82, 2.24) is 5.32 Å². The number of carbonyl (C=O) groups is 3. The number of benzene rings is 1. The molecule has 1 aliphatic heterocycles. The van der Waals surface area contributed by atoms with E-state index >= 15 is 0 Å². The number of nitrogens with one attached hydrogen (secondary N) is 1. The molecule has 20 heavy (non-hydrogen) atoms. The van der Waals surface area contributed by atoms with Crippen molar-refractivity contribution in [3.8, 4) is 0 Å². The molecule has 104 valence electrons. The Hall–Kier alpha value is -2.50. The predicted octanol–water partition coefficient (Wildman–Crippen LogP) is 0.801. The number of carbonyl (C=O) groups excluding carboxylic acids is 3. The first-order chi connectivity index (χ1) is 9.51. The topological polar surface area (TPSA) is 84.8 Å². The molecule has 0 bridgehead atoms. The van der Waals surface area contributed by atoms with Crippen molar-refractivity contribution in [2.75, 3.05) is 0 Å². The van der Waals surface area contributed by atoms with Crippen molar-refractivity contribution in [3.05, 3.63) is 35.9 Å². The van der Waals surface area contributed by atoms with Gasteiger partial charge in [0.05, 0.1) is 0 Å². The highest BCUT2D eigenvalue weighted by Crippen LogP contribution is 2.26. The molecule has 0 saturated carbocycles. The van der Waals surface area contributed by atoms with Gasteiger partial charge in [-0.25, -0.2) is 4.79 Å². The molecule has 1 heterocycles. The van der Waals surface area contributed by atoms with Gasteiger partial charge in [-0.2, -0.15) is 0 Å². The highest BCUT2D eigenvalue weighted by Gasteiger charge is 2.50. The van der Waals surface area contributed by atoms with Crippen LogP contribution in [0.4, 0.5) is 0 Å². The van der Waals surface area contributed by atoms with Crippen LogP contribution in [0.25, 0.3) is 0 Å². The van der Waals surface area contributed by atoms with Crippen LogP contribution >= 0.6 is 0 Å². The maximum Gasteiger partial charge on any atom is 0.366 e. The monoisotopic (exact) mass is 274 g/mol. The van der Waals surface area contributed by atoms with E-state index in [9.17, 15) is 14.4 Å². The van der Waals surface area contributed by atoms with Crippen LogP contribution in [0.5, 0.6) is 0 Å². The maximum absolute atomic E-state index is 12.0. The van der Waals surface area contributed by atoms with Crippen molar-refractivity contribution >= 4 is 23.4 Å². The Morgan fingerprint density at radius 2 is 1.95 bits per heavy atom. The second-order valence-corrected chi connectivity index (χ2v) is 4.45. The van der Waals surface area contributed by atoms with Gasteiger partial charge in [-0.1, -0.05) is 42.4 Å². The van der Waals surface area contributed by atoms with Crippen LogP contribution in [0.2, 0.25) is 0 Å². The smallest absolute Gasteiger partial charge is 0.328 e. The zero-order valence-corrected chi connectivity index (χ0v) is 11.2. The molecule has 1 aromatic rings. The summed E-state index contributed by atoms with van der Waals surface area (Å²) in [4.78, 5) is 39.5. The van der Waals surface area contributed by atoms with Crippen LogP contribution in [-0.4, -0.2) is 28.9 Å². The fraction of sp³-hybridized carbons (Fsp3) is 0.286. The third-order valence-corrected chi connectivity index (χ3v) is 3.20. The van der Waals surface area contributed by atoms with Crippen LogP contribution in [-0.2, 0) is 19.2 Å². The summed E-state index contributed by atoms with van der Waals surface area (Å²) in [6, 6.07) is 8.90. The third-order valence-electron chi connectivity index (χ3n) is 3.20. The predicted molar refractivity (Wildman–Crippen MR) is 70.9 cm³/mol. The van der Waals surface area contributed by atoms with Gasteiger partial charge in [-0.15, -0.1) is 0 Å². The van der Waals surface area contributed by atoms with Gasteiger partial charge in [0.25, 0.3) is 5.91 Å². The van der Waals surface area contributed by atoms with Crippen LogP contribution in [0, 0.1) is 0 Å². The Morgan fingerprint density at radius 1 is 1.30 bits per heavy atom. The minimum Gasteiger partial charge on any atom is -0.328 e. The van der Waals surface area contributed by atoms with Crippen molar-refractivity contribution in [2.24, 2.45) is 5.16 Å². The third kappa shape index (κ3) is 2.20. The Balaban J connectivity index is 2.43. The first kappa shape index (κ1) is 13.9. The molecule has 0 fully saturated rings. The number of ketones is 1. The molecule has 6 heteroatoms. The van der Waals surface area contributed by atoms with Gasteiger partial charge in [0.1, 0.15) is 5.71 Å². The molecule has 1 aliphatic rings. The summed E-state index contributed by atoms with van der Waals surface area (Å²) >= 11 is 0. The Bertz CT molecular complexity index is 594. The SMILES string of the molecule is CCC1(NC(=O)C(C)=O)C(=O)ON=C1c1ccccc1. The van der Waals surface area contributed by atoms with Gasteiger partial charge in [-0.3, -0.25) is 9.59 Å². The quantitative estimate of drug-likeness (QED) is 0.650. The fourth-order valence-electron chi connectivity index (χ4n) is 2.03. The van der Waals surface area contributed by atoms with Gasteiger partial charge in [0, 0.05) is 12.5 Å². The number of rotatable bonds is 4. The van der Waals surface area contributed by atoms with E-state index in [1.54, 1.807) is 31.2 Å². The number of amides is 1. The van der Waals surface area contributed by atoms with Gasteiger partial charge < -0.3 is 10.2 Å². The van der Waals surface area contributed by atoms with Crippen molar-refractivity contribution in [3.63, 3.8) is 0 Å². The highest BCUT2D eigenvalue weighted by atomic mass is 16.7. The van der Waals surface area contributed by atoms with E-state index in [2.05, 4.69) is 10.5 Å². The molecule has 6 nitrogen and oxygen atoms in total. The van der Waals surface area contributed by atoms with Crippen molar-refractivity contribution in [1.29, 1.82) is 0 Å². The summed E-state index contributed by atoms with van der Waals surface area (Å²) < 4.78 is 0. The Kier molecular flexibility index (Phi) is 3.65. The summed E-state index contributed by atoms with van der Waals surface area (Å²) in [5, 5.41) is 6.21. The summed E-state index contributed by atoms with van der Waals surface area (Å²) in [7, 11) is 0. The number of nitrogens with zero attached hydrogens (tertiary/aromatic N) is 1. The van der Waals surface area contributed by atoms with Gasteiger partial charge >= 0.3 is 5.97 Å². The van der Waals surface area contributed by atoms with Gasteiger partial charge in [0.15, 0.2) is 5.54 Å². The van der Waals surface area contributed by atoms with Crippen molar-refractivity contribution < 1.29 is 19.2 Å². The van der Waals surface area contributed by atoms with Gasteiger partial charge in [-0.05, 0) is 6.42 Å². The largest absolute Gasteiger partial charge is 0.366 e. The van der Waals surface area contributed by atoms with E-state index < -0.39 is 23.2 Å². The summed E-state index contributed by atoms with van der Waals surface area (Å²) in [6.45, 7) is 2.85. The lowest BCUT2D eigenvalue weighted by Crippen LogP contribution is -2.58. The summed E-state index contributed by atoms with van der Waals surface area (Å²) in [6.07, 6.45) is 0.235. The van der Waals surface area contributed by atoms with Gasteiger partial charge in [0.2, 0.25) is 5.78 Å². The molecular formula is C14H14N2O4.